The number of nitrogens with one attached hydrogen (secondary N) is 1. The summed E-state index contributed by atoms with van der Waals surface area (Å²) < 4.78 is 81.1. The van der Waals surface area contributed by atoms with Crippen LogP contribution in [0.4, 0.5) is 28.9 Å². The van der Waals surface area contributed by atoms with Gasteiger partial charge in [0.15, 0.2) is 0 Å². The first-order chi connectivity index (χ1) is 14.6. The Labute approximate surface area is 179 Å². The summed E-state index contributed by atoms with van der Waals surface area (Å²) in [5.41, 5.74) is -0.614. The van der Waals surface area contributed by atoms with Crippen LogP contribution in [0.15, 0.2) is 47.4 Å². The number of halogens is 4. The van der Waals surface area contributed by atoms with Crippen molar-refractivity contribution in [2.75, 3.05) is 22.7 Å². The van der Waals surface area contributed by atoms with Crippen molar-refractivity contribution in [1.29, 1.82) is 0 Å². The molecule has 9 heteroatoms. The zero-order chi connectivity index (χ0) is 22.2. The summed E-state index contributed by atoms with van der Waals surface area (Å²) in [7, 11) is -4.19. The molecule has 2 fully saturated rings. The molecule has 1 saturated heterocycles. The minimum atomic E-state index is -4.61. The van der Waals surface area contributed by atoms with Gasteiger partial charge in [0.2, 0.25) is 0 Å². The number of benzene rings is 2. The van der Waals surface area contributed by atoms with Crippen LogP contribution in [0.5, 0.6) is 0 Å². The van der Waals surface area contributed by atoms with Gasteiger partial charge in [-0.3, -0.25) is 4.72 Å². The largest absolute Gasteiger partial charge is 0.416 e. The number of anilines is 2. The van der Waals surface area contributed by atoms with Gasteiger partial charge in [-0.1, -0.05) is 19.3 Å². The van der Waals surface area contributed by atoms with E-state index in [0.29, 0.717) is 30.6 Å². The highest BCUT2D eigenvalue weighted by atomic mass is 32.2. The Hall–Kier alpha value is -2.29. The van der Waals surface area contributed by atoms with E-state index < -0.39 is 27.6 Å². The monoisotopic (exact) mass is 456 g/mol. The first-order valence-corrected chi connectivity index (χ1v) is 11.9. The molecule has 1 aliphatic carbocycles. The maximum absolute atomic E-state index is 13.3. The lowest BCUT2D eigenvalue weighted by atomic mass is 9.75. The molecule has 2 aromatic rings. The normalized spacial score (nSPS) is 22.1. The molecule has 4 rings (SSSR count). The van der Waals surface area contributed by atoms with Gasteiger partial charge in [-0.05, 0) is 67.1 Å². The topological polar surface area (TPSA) is 49.4 Å². The molecule has 1 unspecified atom stereocenters. The fourth-order valence-electron chi connectivity index (χ4n) is 4.71. The van der Waals surface area contributed by atoms with E-state index in [1.54, 1.807) is 0 Å². The molecule has 0 amide bonds. The predicted molar refractivity (Wildman–Crippen MR) is 111 cm³/mol. The van der Waals surface area contributed by atoms with Gasteiger partial charge >= 0.3 is 6.18 Å². The van der Waals surface area contributed by atoms with E-state index in [-0.39, 0.29) is 10.6 Å². The van der Waals surface area contributed by atoms with Crippen molar-refractivity contribution in [1.82, 2.24) is 0 Å². The number of hydrogen-bond donors (Lipinski definition) is 1. The number of nitrogens with zero attached hydrogens (tertiary/aromatic N) is 1. The van der Waals surface area contributed by atoms with Gasteiger partial charge in [0, 0.05) is 13.1 Å². The Morgan fingerprint density at radius 1 is 0.935 bits per heavy atom. The number of alkyl halides is 3. The molecule has 0 aromatic heterocycles. The van der Waals surface area contributed by atoms with Crippen LogP contribution in [-0.2, 0) is 16.2 Å². The highest BCUT2D eigenvalue weighted by molar-refractivity contribution is 7.92. The third-order valence-corrected chi connectivity index (χ3v) is 7.71. The van der Waals surface area contributed by atoms with Crippen molar-refractivity contribution < 1.29 is 26.0 Å². The summed E-state index contributed by atoms with van der Waals surface area (Å²) in [5.74, 6) is 0.485. The molecule has 0 spiro atoms. The van der Waals surface area contributed by atoms with Crippen molar-refractivity contribution in [3.8, 4) is 0 Å². The minimum Gasteiger partial charge on any atom is -0.370 e. The van der Waals surface area contributed by atoms with Gasteiger partial charge in [0.1, 0.15) is 5.82 Å². The lowest BCUT2D eigenvalue weighted by molar-refractivity contribution is -0.137. The summed E-state index contributed by atoms with van der Waals surface area (Å²) in [6.45, 7) is 1.36. The second-order valence-corrected chi connectivity index (χ2v) is 10.0. The zero-order valence-corrected chi connectivity index (χ0v) is 17.6. The van der Waals surface area contributed by atoms with Crippen molar-refractivity contribution in [3.63, 3.8) is 0 Å². The Morgan fingerprint density at radius 2 is 1.61 bits per heavy atom. The highest BCUT2D eigenvalue weighted by Crippen LogP contribution is 2.41. The Balaban J connectivity index is 1.68. The molecule has 1 aliphatic heterocycles. The number of rotatable bonds is 4. The molecule has 4 nitrogen and oxygen atoms in total. The summed E-state index contributed by atoms with van der Waals surface area (Å²) >= 11 is 0. The van der Waals surface area contributed by atoms with Crippen LogP contribution in [0.25, 0.3) is 0 Å². The van der Waals surface area contributed by atoms with Crippen LogP contribution in [0, 0.1) is 17.7 Å². The molecule has 2 atom stereocenters. The van der Waals surface area contributed by atoms with E-state index in [1.807, 2.05) is 4.90 Å². The van der Waals surface area contributed by atoms with Gasteiger partial charge in [-0.25, -0.2) is 12.8 Å². The minimum absolute atomic E-state index is 0.117. The smallest absolute Gasteiger partial charge is 0.370 e. The van der Waals surface area contributed by atoms with Crippen LogP contribution in [0.2, 0.25) is 0 Å². The number of sulfonamides is 1. The fraction of sp³-hybridized carbons (Fsp3) is 0.455. The number of piperidine rings is 1. The Bertz CT molecular complexity index is 1040. The van der Waals surface area contributed by atoms with Crippen LogP contribution in [0.1, 0.15) is 37.7 Å². The van der Waals surface area contributed by atoms with Gasteiger partial charge in [-0.15, -0.1) is 0 Å². The Morgan fingerprint density at radius 3 is 2.29 bits per heavy atom. The molecule has 2 aliphatic rings. The van der Waals surface area contributed by atoms with Crippen LogP contribution in [-0.4, -0.2) is 21.5 Å². The second kappa shape index (κ2) is 8.33. The molecule has 1 N–H and O–H groups in total. The molecule has 31 heavy (non-hydrogen) atoms. The first-order valence-electron chi connectivity index (χ1n) is 10.4. The van der Waals surface area contributed by atoms with Crippen molar-refractivity contribution in [2.24, 2.45) is 11.8 Å². The van der Waals surface area contributed by atoms with Crippen LogP contribution >= 0.6 is 0 Å². The maximum Gasteiger partial charge on any atom is 0.416 e. The van der Waals surface area contributed by atoms with Gasteiger partial charge < -0.3 is 4.90 Å². The molecule has 1 heterocycles. The van der Waals surface area contributed by atoms with Gasteiger partial charge in [-0.2, -0.15) is 13.2 Å². The maximum atomic E-state index is 13.3. The quantitative estimate of drug-likeness (QED) is 0.604. The van der Waals surface area contributed by atoms with E-state index in [9.17, 15) is 26.0 Å². The van der Waals surface area contributed by atoms with Gasteiger partial charge in [0.25, 0.3) is 10.0 Å². The fourth-order valence-corrected chi connectivity index (χ4v) is 5.77. The molecule has 168 valence electrons. The van der Waals surface area contributed by atoms with Crippen LogP contribution < -0.4 is 9.62 Å². The van der Waals surface area contributed by atoms with Crippen LogP contribution in [0.3, 0.4) is 0 Å². The Kier molecular flexibility index (Phi) is 5.89. The molecule has 0 bridgehead atoms. The average molecular weight is 457 g/mol. The SMILES string of the molecule is O=S(=O)(Nc1cc(C(F)(F)F)ccc1N1CC[C@@H]2CCCCC2C1)c1ccc(F)cc1. The third-order valence-electron chi connectivity index (χ3n) is 6.32. The molecular weight excluding hydrogens is 432 g/mol. The van der Waals surface area contributed by atoms with E-state index in [4.69, 9.17) is 0 Å². The average Bonchev–Trinajstić information content (AvgIpc) is 2.73. The summed E-state index contributed by atoms with van der Waals surface area (Å²) in [6.07, 6.45) is 0.949. The standard InChI is InChI=1S/C22H24F4N2O2S/c23-18-6-8-19(9-7-18)31(29,30)27-20-13-17(22(24,25)26)5-10-21(20)28-12-11-15-3-1-2-4-16(15)14-28/h5-10,13,15-16,27H,1-4,11-12,14H2/t15-,16?/m0/s1. The summed E-state index contributed by atoms with van der Waals surface area (Å²) in [5, 5.41) is 0. The molecule has 0 radical (unpaired) electrons. The number of hydrogen-bond acceptors (Lipinski definition) is 3. The zero-order valence-electron chi connectivity index (χ0n) is 16.8. The van der Waals surface area contributed by atoms with Crippen molar-refractivity contribution in [2.45, 2.75) is 43.2 Å². The van der Waals surface area contributed by atoms with Gasteiger partial charge in [0.05, 0.1) is 21.8 Å². The first kappa shape index (κ1) is 21.9. The summed E-state index contributed by atoms with van der Waals surface area (Å²) in [4.78, 5) is 1.76. The number of fused-ring (bicyclic) bond motifs is 1. The second-order valence-electron chi connectivity index (χ2n) is 8.33. The van der Waals surface area contributed by atoms with E-state index in [1.165, 1.54) is 18.9 Å². The van der Waals surface area contributed by atoms with E-state index >= 15 is 0 Å². The summed E-state index contributed by atoms with van der Waals surface area (Å²) in [6, 6.07) is 7.32. The van der Waals surface area contributed by atoms with E-state index in [2.05, 4.69) is 4.72 Å². The van der Waals surface area contributed by atoms with Crippen molar-refractivity contribution in [3.05, 3.63) is 53.8 Å². The van der Waals surface area contributed by atoms with E-state index in [0.717, 1.165) is 55.7 Å². The third kappa shape index (κ3) is 4.81. The molecular formula is C22H24F4N2O2S. The lowest BCUT2D eigenvalue weighted by Crippen LogP contribution is -2.42. The lowest BCUT2D eigenvalue weighted by Gasteiger charge is -2.42. The molecule has 2 aromatic carbocycles. The highest BCUT2D eigenvalue weighted by Gasteiger charge is 2.35. The molecule has 1 saturated carbocycles. The van der Waals surface area contributed by atoms with Crippen molar-refractivity contribution >= 4 is 21.4 Å². The predicted octanol–water partition coefficient (Wildman–Crippen LogP) is 5.66.